The maximum Gasteiger partial charge on any atom is -0.00102 e. The van der Waals surface area contributed by atoms with Crippen molar-refractivity contribution in [2.45, 2.75) is 39.0 Å². The van der Waals surface area contributed by atoms with Gasteiger partial charge in [0.2, 0.25) is 0 Å². The number of rotatable bonds is 1. The van der Waals surface area contributed by atoms with Gasteiger partial charge in [-0.15, -0.1) is 0 Å². The smallest absolute Gasteiger partial charge is 0.00102 e. The summed E-state index contributed by atoms with van der Waals surface area (Å²) in [5.74, 6) is 0. The van der Waals surface area contributed by atoms with Crippen LogP contribution in [-0.2, 0) is 12.8 Å². The van der Waals surface area contributed by atoms with Gasteiger partial charge in [-0.1, -0.05) is 42.5 Å². The Bertz CT molecular complexity index is 1010. The molecule has 0 atom stereocenters. The van der Waals surface area contributed by atoms with Gasteiger partial charge in [0.05, 0.1) is 0 Å². The van der Waals surface area contributed by atoms with Crippen molar-refractivity contribution in [1.29, 1.82) is 0 Å². The van der Waals surface area contributed by atoms with Crippen LogP contribution in [0.2, 0.25) is 0 Å². The zero-order chi connectivity index (χ0) is 15.8. The van der Waals surface area contributed by atoms with Gasteiger partial charge in [-0.05, 0) is 100 Å². The van der Waals surface area contributed by atoms with Gasteiger partial charge in [0.25, 0.3) is 0 Å². The van der Waals surface area contributed by atoms with Crippen molar-refractivity contribution in [3.8, 4) is 0 Å². The third-order valence-electron chi connectivity index (χ3n) is 6.35. The van der Waals surface area contributed by atoms with E-state index in [1.165, 1.54) is 22.3 Å². The lowest BCUT2D eigenvalue weighted by Crippen LogP contribution is -2.02. The molecular formula is C24H20. The minimum atomic E-state index is 1.08. The van der Waals surface area contributed by atoms with Gasteiger partial charge in [0.15, 0.2) is 0 Å². The predicted molar refractivity (Wildman–Crippen MR) is 102 cm³/mol. The lowest BCUT2D eigenvalue weighted by atomic mass is 9.84. The Morgan fingerprint density at radius 1 is 0.667 bits per heavy atom. The van der Waals surface area contributed by atoms with Crippen molar-refractivity contribution in [3.63, 3.8) is 0 Å². The average molecular weight is 308 g/mol. The normalized spacial score (nSPS) is 21.8. The number of benzene rings is 1. The van der Waals surface area contributed by atoms with E-state index in [1.807, 2.05) is 0 Å². The molecule has 0 heterocycles. The van der Waals surface area contributed by atoms with Gasteiger partial charge in [0.1, 0.15) is 0 Å². The molecule has 0 aromatic heterocycles. The van der Waals surface area contributed by atoms with Crippen LogP contribution in [0.1, 0.15) is 52.6 Å². The van der Waals surface area contributed by atoms with Crippen LogP contribution in [0.25, 0.3) is 16.7 Å². The molecule has 0 fully saturated rings. The first kappa shape index (κ1) is 13.0. The molecule has 0 bridgehead atoms. The molecule has 24 heavy (non-hydrogen) atoms. The van der Waals surface area contributed by atoms with Gasteiger partial charge >= 0.3 is 0 Å². The number of fused-ring (bicyclic) bond motifs is 7. The molecule has 0 spiro atoms. The summed E-state index contributed by atoms with van der Waals surface area (Å²) in [5.41, 5.74) is 17.1. The molecule has 1 aromatic carbocycles. The summed E-state index contributed by atoms with van der Waals surface area (Å²) in [6, 6.07) is 0. The van der Waals surface area contributed by atoms with E-state index in [0.29, 0.717) is 0 Å². The molecule has 0 aliphatic heterocycles. The summed E-state index contributed by atoms with van der Waals surface area (Å²) in [6.45, 7) is 2.36. The molecule has 0 heteroatoms. The summed E-state index contributed by atoms with van der Waals surface area (Å²) >= 11 is 0. The van der Waals surface area contributed by atoms with Crippen molar-refractivity contribution in [2.75, 3.05) is 0 Å². The van der Waals surface area contributed by atoms with Crippen LogP contribution in [0.4, 0.5) is 0 Å². The largest absolute Gasteiger partial charge is 0.0801 e. The number of hydrogen-bond donors (Lipinski definition) is 0. The monoisotopic (exact) mass is 308 g/mol. The van der Waals surface area contributed by atoms with Crippen LogP contribution in [0.15, 0.2) is 53.7 Å². The maximum absolute atomic E-state index is 2.45. The van der Waals surface area contributed by atoms with E-state index in [-0.39, 0.29) is 0 Å². The second kappa shape index (κ2) is 4.39. The van der Waals surface area contributed by atoms with Gasteiger partial charge in [0, 0.05) is 0 Å². The van der Waals surface area contributed by atoms with Crippen molar-refractivity contribution < 1.29 is 0 Å². The summed E-state index contributed by atoms with van der Waals surface area (Å²) in [4.78, 5) is 0. The Morgan fingerprint density at radius 3 is 2.00 bits per heavy atom. The fraction of sp³-hybridized carbons (Fsp3) is 0.250. The topological polar surface area (TPSA) is 0 Å². The standard InChI is InChI=1S/C24H20/c1-14-22(15-6-2-3-7-15)20-12-17-9-5-11-19(17)24(20)21-13-16-8-4-10-18(16)23(14)21/h2,6-11H,3-5,12-13H2,1H3. The van der Waals surface area contributed by atoms with Crippen LogP contribution in [0, 0.1) is 6.92 Å². The Balaban J connectivity index is 1.75. The van der Waals surface area contributed by atoms with Gasteiger partial charge in [-0.25, -0.2) is 0 Å². The van der Waals surface area contributed by atoms with Crippen molar-refractivity contribution in [1.82, 2.24) is 0 Å². The van der Waals surface area contributed by atoms with Crippen molar-refractivity contribution in [3.05, 3.63) is 87.1 Å². The molecule has 0 saturated heterocycles. The van der Waals surface area contributed by atoms with E-state index in [9.17, 15) is 0 Å². The quantitative estimate of drug-likeness (QED) is 0.608. The van der Waals surface area contributed by atoms with E-state index in [2.05, 4.69) is 49.5 Å². The molecule has 0 radical (unpaired) electrons. The fourth-order valence-corrected chi connectivity index (χ4v) is 5.45. The molecule has 1 aromatic rings. The Kier molecular flexibility index (Phi) is 2.38. The van der Waals surface area contributed by atoms with Gasteiger partial charge in [-0.3, -0.25) is 0 Å². The van der Waals surface area contributed by atoms with Crippen molar-refractivity contribution in [2.24, 2.45) is 0 Å². The summed E-state index contributed by atoms with van der Waals surface area (Å²) in [7, 11) is 0. The SMILES string of the molecule is Cc1c(C2=CCC=C2)c2c(c3c1C1=CCC=C1C3)C1=CCC=C1C2. The zero-order valence-electron chi connectivity index (χ0n) is 14.1. The molecule has 5 aliphatic carbocycles. The highest BCUT2D eigenvalue weighted by Gasteiger charge is 2.37. The lowest BCUT2D eigenvalue weighted by molar-refractivity contribution is 1.17. The first-order chi connectivity index (χ1) is 11.8. The second-order valence-electron chi connectivity index (χ2n) is 7.52. The summed E-state index contributed by atoms with van der Waals surface area (Å²) in [5, 5.41) is 0. The predicted octanol–water partition coefficient (Wildman–Crippen LogP) is 5.88. The highest BCUT2D eigenvalue weighted by Crippen LogP contribution is 2.53. The zero-order valence-corrected chi connectivity index (χ0v) is 14.1. The first-order valence-corrected chi connectivity index (χ1v) is 9.18. The molecule has 6 rings (SSSR count). The fourth-order valence-electron chi connectivity index (χ4n) is 5.45. The van der Waals surface area contributed by atoms with Gasteiger partial charge < -0.3 is 0 Å². The number of hydrogen-bond acceptors (Lipinski definition) is 0. The minimum Gasteiger partial charge on any atom is -0.0801 e. The lowest BCUT2D eigenvalue weighted by Gasteiger charge is -2.19. The van der Waals surface area contributed by atoms with Crippen LogP contribution < -0.4 is 0 Å². The molecular weight excluding hydrogens is 288 g/mol. The minimum absolute atomic E-state index is 1.08. The van der Waals surface area contributed by atoms with E-state index < -0.39 is 0 Å². The Labute approximate surface area is 143 Å². The summed E-state index contributed by atoms with van der Waals surface area (Å²) < 4.78 is 0. The molecule has 116 valence electrons. The Hall–Kier alpha value is -2.34. The van der Waals surface area contributed by atoms with E-state index >= 15 is 0 Å². The van der Waals surface area contributed by atoms with E-state index in [1.54, 1.807) is 39.0 Å². The molecule has 0 saturated carbocycles. The average Bonchev–Trinajstić information content (AvgIpc) is 3.33. The highest BCUT2D eigenvalue weighted by molar-refractivity contribution is 6.01. The van der Waals surface area contributed by atoms with Crippen LogP contribution >= 0.6 is 0 Å². The highest BCUT2D eigenvalue weighted by atomic mass is 14.4. The molecule has 0 N–H and O–H groups in total. The first-order valence-electron chi connectivity index (χ1n) is 9.18. The van der Waals surface area contributed by atoms with Crippen molar-refractivity contribution >= 4 is 16.7 Å². The maximum atomic E-state index is 2.45. The Morgan fingerprint density at radius 2 is 1.33 bits per heavy atom. The third-order valence-corrected chi connectivity index (χ3v) is 6.35. The van der Waals surface area contributed by atoms with E-state index in [4.69, 9.17) is 0 Å². The van der Waals surface area contributed by atoms with Gasteiger partial charge in [-0.2, -0.15) is 0 Å². The summed E-state index contributed by atoms with van der Waals surface area (Å²) in [6.07, 6.45) is 22.4. The third kappa shape index (κ3) is 1.45. The molecule has 0 amide bonds. The molecule has 5 aliphatic rings. The van der Waals surface area contributed by atoms with Crippen LogP contribution in [0.3, 0.4) is 0 Å². The van der Waals surface area contributed by atoms with Crippen LogP contribution in [0.5, 0.6) is 0 Å². The van der Waals surface area contributed by atoms with E-state index in [0.717, 1.165) is 32.1 Å². The van der Waals surface area contributed by atoms with Crippen LogP contribution in [-0.4, -0.2) is 0 Å². The number of allylic oxidation sites excluding steroid dienone is 12. The molecule has 0 nitrogen and oxygen atoms in total. The second-order valence-corrected chi connectivity index (χ2v) is 7.52. The molecule has 0 unspecified atom stereocenters.